The Morgan fingerprint density at radius 2 is 1.90 bits per heavy atom. The maximum Gasteiger partial charge on any atom is 0.282 e. The molecule has 0 radical (unpaired) electrons. The minimum atomic E-state index is -3.87. The number of alkyl halides is 2. The van der Waals surface area contributed by atoms with E-state index < -0.39 is 22.1 Å². The standard InChI is InChI=1S/C18H14F2N4O3S2/c1-27-14-3-2-4-15-16(14)22-18(28-15)13-9-12(17(19)20)23-24(13)10-5-7-11(8-6-10)29(21,25)26/h2-9,17H,1H3,(H2,21,25,26). The number of aromatic nitrogens is 3. The molecule has 2 aromatic heterocycles. The molecular formula is C18H14F2N4O3S2. The molecule has 29 heavy (non-hydrogen) atoms. The molecule has 0 saturated heterocycles. The summed E-state index contributed by atoms with van der Waals surface area (Å²) >= 11 is 1.31. The summed E-state index contributed by atoms with van der Waals surface area (Å²) in [5, 5.41) is 9.57. The quantitative estimate of drug-likeness (QED) is 0.514. The molecule has 0 aliphatic carbocycles. The van der Waals surface area contributed by atoms with E-state index in [4.69, 9.17) is 9.88 Å². The zero-order valence-electron chi connectivity index (χ0n) is 14.9. The summed E-state index contributed by atoms with van der Waals surface area (Å²) in [6.45, 7) is 0. The highest BCUT2D eigenvalue weighted by Crippen LogP contribution is 2.36. The van der Waals surface area contributed by atoms with E-state index in [0.29, 0.717) is 27.7 Å². The number of nitrogens with zero attached hydrogens (tertiary/aromatic N) is 3. The summed E-state index contributed by atoms with van der Waals surface area (Å²) in [5.41, 5.74) is 0.949. The van der Waals surface area contributed by atoms with Crippen molar-refractivity contribution in [3.8, 4) is 22.1 Å². The number of rotatable bonds is 5. The van der Waals surface area contributed by atoms with E-state index in [1.54, 1.807) is 6.07 Å². The first kappa shape index (κ1) is 19.4. The highest BCUT2D eigenvalue weighted by atomic mass is 32.2. The molecule has 0 bridgehead atoms. The van der Waals surface area contributed by atoms with Crippen molar-refractivity contribution in [1.29, 1.82) is 0 Å². The van der Waals surface area contributed by atoms with Crippen LogP contribution in [0, 0.1) is 0 Å². The number of hydrogen-bond donors (Lipinski definition) is 1. The largest absolute Gasteiger partial charge is 0.494 e. The molecule has 0 spiro atoms. The Kier molecular flexibility index (Phi) is 4.81. The SMILES string of the molecule is COc1cccc2sc(-c3cc(C(F)F)nn3-c3ccc(S(N)(=O)=O)cc3)nc12. The highest BCUT2D eigenvalue weighted by Gasteiger charge is 2.21. The van der Waals surface area contributed by atoms with E-state index in [9.17, 15) is 17.2 Å². The molecule has 4 rings (SSSR count). The minimum absolute atomic E-state index is 0.0891. The third-order valence-electron chi connectivity index (χ3n) is 4.18. The lowest BCUT2D eigenvalue weighted by Crippen LogP contribution is -2.12. The summed E-state index contributed by atoms with van der Waals surface area (Å²) in [4.78, 5) is 4.45. The number of nitrogens with two attached hydrogens (primary N) is 1. The van der Waals surface area contributed by atoms with Crippen LogP contribution in [0.4, 0.5) is 8.78 Å². The van der Waals surface area contributed by atoms with Crippen molar-refractivity contribution >= 4 is 31.6 Å². The fourth-order valence-electron chi connectivity index (χ4n) is 2.83. The van der Waals surface area contributed by atoms with Crippen molar-refractivity contribution in [1.82, 2.24) is 14.8 Å². The molecule has 0 aliphatic heterocycles. The van der Waals surface area contributed by atoms with Crippen LogP contribution in [0.3, 0.4) is 0 Å². The molecule has 2 N–H and O–H groups in total. The average molecular weight is 436 g/mol. The second kappa shape index (κ2) is 7.17. The van der Waals surface area contributed by atoms with Crippen LogP contribution in [-0.4, -0.2) is 30.3 Å². The van der Waals surface area contributed by atoms with E-state index in [-0.39, 0.29) is 4.90 Å². The lowest BCUT2D eigenvalue weighted by Gasteiger charge is -2.06. The van der Waals surface area contributed by atoms with Gasteiger partial charge in [0.15, 0.2) is 0 Å². The molecule has 0 saturated carbocycles. The van der Waals surface area contributed by atoms with Gasteiger partial charge in [0.05, 0.1) is 22.4 Å². The minimum Gasteiger partial charge on any atom is -0.494 e. The smallest absolute Gasteiger partial charge is 0.282 e. The lowest BCUT2D eigenvalue weighted by atomic mass is 10.3. The van der Waals surface area contributed by atoms with Crippen LogP contribution >= 0.6 is 11.3 Å². The number of benzene rings is 2. The molecular weight excluding hydrogens is 422 g/mol. The number of hydrogen-bond acceptors (Lipinski definition) is 6. The number of halogens is 2. The molecule has 0 unspecified atom stereocenters. The predicted octanol–water partition coefficient (Wildman–Crippen LogP) is 3.74. The number of fused-ring (bicyclic) bond motifs is 1. The van der Waals surface area contributed by atoms with Crippen molar-refractivity contribution in [3.63, 3.8) is 0 Å². The monoisotopic (exact) mass is 436 g/mol. The van der Waals surface area contributed by atoms with Crippen LogP contribution in [0.25, 0.3) is 26.6 Å². The summed E-state index contributed by atoms with van der Waals surface area (Å²) in [6, 6.07) is 12.2. The molecule has 0 aliphatic rings. The first-order valence-corrected chi connectivity index (χ1v) is 10.6. The van der Waals surface area contributed by atoms with Gasteiger partial charge >= 0.3 is 0 Å². The van der Waals surface area contributed by atoms with Crippen LogP contribution in [0.5, 0.6) is 5.75 Å². The predicted molar refractivity (Wildman–Crippen MR) is 105 cm³/mol. The third-order valence-corrected chi connectivity index (χ3v) is 6.16. The van der Waals surface area contributed by atoms with Crippen LogP contribution in [0.15, 0.2) is 53.4 Å². The molecule has 2 heterocycles. The lowest BCUT2D eigenvalue weighted by molar-refractivity contribution is 0.145. The molecule has 0 atom stereocenters. The molecule has 11 heteroatoms. The van der Waals surface area contributed by atoms with Crippen molar-refractivity contribution in [2.24, 2.45) is 5.14 Å². The summed E-state index contributed by atoms with van der Waals surface area (Å²) in [6.07, 6.45) is -2.78. The number of ether oxygens (including phenoxy) is 1. The number of para-hydroxylation sites is 1. The van der Waals surface area contributed by atoms with Crippen molar-refractivity contribution in [2.75, 3.05) is 7.11 Å². The van der Waals surface area contributed by atoms with E-state index in [2.05, 4.69) is 10.1 Å². The second-order valence-corrected chi connectivity index (χ2v) is 8.62. The van der Waals surface area contributed by atoms with Crippen molar-refractivity contribution < 1.29 is 21.9 Å². The molecule has 7 nitrogen and oxygen atoms in total. The van der Waals surface area contributed by atoms with Gasteiger partial charge in [0.25, 0.3) is 6.43 Å². The first-order chi connectivity index (χ1) is 13.8. The number of methoxy groups -OCH3 is 1. The fourth-order valence-corrected chi connectivity index (χ4v) is 4.33. The zero-order chi connectivity index (χ0) is 20.8. The van der Waals surface area contributed by atoms with Gasteiger partial charge in [-0.1, -0.05) is 6.07 Å². The molecule has 0 fully saturated rings. The maximum atomic E-state index is 13.3. The third kappa shape index (κ3) is 3.59. The summed E-state index contributed by atoms with van der Waals surface area (Å²) in [5.74, 6) is 0.572. The second-order valence-electron chi connectivity index (χ2n) is 6.03. The van der Waals surface area contributed by atoms with Gasteiger partial charge in [-0.05, 0) is 42.5 Å². The Morgan fingerprint density at radius 1 is 1.17 bits per heavy atom. The average Bonchev–Trinajstić information content (AvgIpc) is 3.31. The van der Waals surface area contributed by atoms with Crippen LogP contribution in [0.1, 0.15) is 12.1 Å². The maximum absolute atomic E-state index is 13.3. The van der Waals surface area contributed by atoms with Crippen molar-refractivity contribution in [2.45, 2.75) is 11.3 Å². The first-order valence-electron chi connectivity index (χ1n) is 8.23. The van der Waals surface area contributed by atoms with Crippen LogP contribution in [-0.2, 0) is 10.0 Å². The normalized spacial score (nSPS) is 12.0. The number of sulfonamides is 1. The van der Waals surface area contributed by atoms with Crippen LogP contribution in [0.2, 0.25) is 0 Å². The number of primary sulfonamides is 1. The van der Waals surface area contributed by atoms with E-state index in [1.165, 1.54) is 53.5 Å². The Balaban J connectivity index is 1.88. The summed E-state index contributed by atoms with van der Waals surface area (Å²) < 4.78 is 57.0. The van der Waals surface area contributed by atoms with Gasteiger partial charge in [-0.15, -0.1) is 11.3 Å². The molecule has 2 aromatic carbocycles. The van der Waals surface area contributed by atoms with Gasteiger partial charge in [-0.3, -0.25) is 0 Å². The number of thiazole rings is 1. The van der Waals surface area contributed by atoms with Gasteiger partial charge in [0.1, 0.15) is 27.7 Å². The van der Waals surface area contributed by atoms with Crippen molar-refractivity contribution in [3.05, 3.63) is 54.2 Å². The Labute approximate surface area is 168 Å². The Morgan fingerprint density at radius 3 is 2.52 bits per heavy atom. The van der Waals surface area contributed by atoms with E-state index >= 15 is 0 Å². The van der Waals surface area contributed by atoms with E-state index in [0.717, 1.165) is 4.70 Å². The Hall–Kier alpha value is -2.89. The summed E-state index contributed by atoms with van der Waals surface area (Å²) in [7, 11) is -2.34. The topological polar surface area (TPSA) is 100 Å². The zero-order valence-corrected chi connectivity index (χ0v) is 16.5. The van der Waals surface area contributed by atoms with E-state index in [1.807, 2.05) is 12.1 Å². The van der Waals surface area contributed by atoms with Crippen LogP contribution < -0.4 is 9.88 Å². The van der Waals surface area contributed by atoms with Gasteiger partial charge in [-0.2, -0.15) is 5.10 Å². The molecule has 150 valence electrons. The molecule has 4 aromatic rings. The molecule has 0 amide bonds. The highest BCUT2D eigenvalue weighted by molar-refractivity contribution is 7.89. The Bertz CT molecular complexity index is 1300. The van der Waals surface area contributed by atoms with Gasteiger partial charge in [0, 0.05) is 0 Å². The van der Waals surface area contributed by atoms with Gasteiger partial charge in [0.2, 0.25) is 10.0 Å². The van der Waals surface area contributed by atoms with Gasteiger partial charge < -0.3 is 4.74 Å². The fraction of sp³-hybridized carbons (Fsp3) is 0.111. The van der Waals surface area contributed by atoms with Gasteiger partial charge in [-0.25, -0.2) is 32.0 Å².